The zero-order valence-corrected chi connectivity index (χ0v) is 11.6. The number of hydrogen-bond donors (Lipinski definition) is 1. The molecule has 1 aromatic rings. The van der Waals surface area contributed by atoms with Crippen LogP contribution in [0, 0.1) is 18.3 Å². The van der Waals surface area contributed by atoms with Crippen LogP contribution >= 0.6 is 0 Å². The molecule has 1 saturated heterocycles. The predicted octanol–water partition coefficient (Wildman–Crippen LogP) is 1.86. The molecule has 1 fully saturated rings. The van der Waals surface area contributed by atoms with Crippen molar-refractivity contribution in [3.8, 4) is 11.8 Å². The van der Waals surface area contributed by atoms with Gasteiger partial charge in [0.15, 0.2) is 0 Å². The van der Waals surface area contributed by atoms with Crippen molar-refractivity contribution < 1.29 is 4.74 Å². The lowest BCUT2D eigenvalue weighted by Gasteiger charge is -2.34. The number of hydrogen-bond acceptors (Lipinski definition) is 4. The van der Waals surface area contributed by atoms with Gasteiger partial charge in [0.2, 0.25) is 0 Å². The Morgan fingerprint density at radius 3 is 2.74 bits per heavy atom. The van der Waals surface area contributed by atoms with Crippen LogP contribution in [0.5, 0.6) is 5.75 Å². The highest BCUT2D eigenvalue weighted by atomic mass is 16.5. The Balaban J connectivity index is 2.25. The molecule has 0 bridgehead atoms. The Morgan fingerprint density at radius 2 is 2.16 bits per heavy atom. The molecule has 4 heteroatoms. The fourth-order valence-corrected chi connectivity index (χ4v) is 2.67. The van der Waals surface area contributed by atoms with E-state index in [0.717, 1.165) is 31.9 Å². The van der Waals surface area contributed by atoms with Gasteiger partial charge in [0.05, 0.1) is 19.6 Å². The Morgan fingerprint density at radius 1 is 1.42 bits per heavy atom. The van der Waals surface area contributed by atoms with Gasteiger partial charge in [0, 0.05) is 32.2 Å². The van der Waals surface area contributed by atoms with Crippen LogP contribution < -0.4 is 10.1 Å². The quantitative estimate of drug-likeness (QED) is 0.896. The van der Waals surface area contributed by atoms with E-state index in [1.807, 2.05) is 12.1 Å². The summed E-state index contributed by atoms with van der Waals surface area (Å²) < 4.78 is 5.25. The average molecular weight is 259 g/mol. The molecule has 1 heterocycles. The third kappa shape index (κ3) is 3.25. The zero-order chi connectivity index (χ0) is 13.7. The molecule has 1 aromatic carbocycles. The second-order valence-electron chi connectivity index (χ2n) is 4.89. The summed E-state index contributed by atoms with van der Waals surface area (Å²) >= 11 is 0. The number of ether oxygens (including phenoxy) is 1. The van der Waals surface area contributed by atoms with Crippen LogP contribution in [0.4, 0.5) is 0 Å². The molecule has 1 N–H and O–H groups in total. The maximum Gasteiger partial charge on any atom is 0.119 e. The number of nitriles is 1. The van der Waals surface area contributed by atoms with E-state index in [2.05, 4.69) is 29.3 Å². The van der Waals surface area contributed by atoms with Gasteiger partial charge in [-0.2, -0.15) is 5.26 Å². The SMILES string of the molecule is COc1ccc([C@@H](CC#N)N2CCNCC2)c(C)c1. The molecule has 0 aromatic heterocycles. The van der Waals surface area contributed by atoms with Crippen LogP contribution in [0.2, 0.25) is 0 Å². The Hall–Kier alpha value is -1.57. The molecule has 1 aliphatic heterocycles. The number of nitrogens with one attached hydrogen (secondary N) is 1. The van der Waals surface area contributed by atoms with Crippen LogP contribution in [-0.2, 0) is 0 Å². The second kappa shape index (κ2) is 6.55. The van der Waals surface area contributed by atoms with Gasteiger partial charge in [-0.05, 0) is 30.2 Å². The van der Waals surface area contributed by atoms with Crippen LogP contribution in [0.1, 0.15) is 23.6 Å². The average Bonchev–Trinajstić information content (AvgIpc) is 2.46. The topological polar surface area (TPSA) is 48.3 Å². The maximum atomic E-state index is 9.10. The molecule has 2 rings (SSSR count). The van der Waals surface area contributed by atoms with Crippen LogP contribution in [0.3, 0.4) is 0 Å². The molecule has 0 amide bonds. The van der Waals surface area contributed by atoms with Crippen LogP contribution in [-0.4, -0.2) is 38.2 Å². The summed E-state index contributed by atoms with van der Waals surface area (Å²) in [5, 5.41) is 12.5. The van der Waals surface area contributed by atoms with Crippen molar-refractivity contribution in [2.45, 2.75) is 19.4 Å². The number of rotatable bonds is 4. The summed E-state index contributed by atoms with van der Waals surface area (Å²) in [5.74, 6) is 0.872. The first-order valence-electron chi connectivity index (χ1n) is 6.72. The van der Waals surface area contributed by atoms with Crippen LogP contribution in [0.15, 0.2) is 18.2 Å². The van der Waals surface area contributed by atoms with E-state index >= 15 is 0 Å². The van der Waals surface area contributed by atoms with Gasteiger partial charge in [-0.15, -0.1) is 0 Å². The van der Waals surface area contributed by atoms with Crippen molar-refractivity contribution in [3.63, 3.8) is 0 Å². The minimum atomic E-state index is 0.193. The molecule has 1 aliphatic rings. The van der Waals surface area contributed by atoms with E-state index in [-0.39, 0.29) is 6.04 Å². The first-order chi connectivity index (χ1) is 9.26. The third-order valence-corrected chi connectivity index (χ3v) is 3.71. The van der Waals surface area contributed by atoms with Gasteiger partial charge in [-0.3, -0.25) is 4.90 Å². The van der Waals surface area contributed by atoms with E-state index in [1.165, 1.54) is 11.1 Å². The largest absolute Gasteiger partial charge is 0.497 e. The molecular formula is C15H21N3O. The maximum absolute atomic E-state index is 9.10. The summed E-state index contributed by atoms with van der Waals surface area (Å²) in [5.41, 5.74) is 2.43. The summed E-state index contributed by atoms with van der Waals surface area (Å²) in [4.78, 5) is 2.40. The zero-order valence-electron chi connectivity index (χ0n) is 11.6. The first kappa shape index (κ1) is 13.9. The predicted molar refractivity (Wildman–Crippen MR) is 75.1 cm³/mol. The lowest BCUT2D eigenvalue weighted by Crippen LogP contribution is -2.45. The summed E-state index contributed by atoms with van der Waals surface area (Å²) in [6, 6.07) is 8.64. The molecule has 0 spiro atoms. The van der Waals surface area contributed by atoms with E-state index in [4.69, 9.17) is 10.00 Å². The first-order valence-corrected chi connectivity index (χ1v) is 6.72. The number of nitrogens with zero attached hydrogens (tertiary/aromatic N) is 2. The minimum Gasteiger partial charge on any atom is -0.497 e. The number of benzene rings is 1. The van der Waals surface area contributed by atoms with Gasteiger partial charge >= 0.3 is 0 Å². The highest BCUT2D eigenvalue weighted by Gasteiger charge is 2.23. The molecule has 102 valence electrons. The highest BCUT2D eigenvalue weighted by Crippen LogP contribution is 2.29. The number of piperazine rings is 1. The van der Waals surface area contributed by atoms with Crippen molar-refractivity contribution in [3.05, 3.63) is 29.3 Å². The molecule has 0 aliphatic carbocycles. The van der Waals surface area contributed by atoms with Gasteiger partial charge in [0.1, 0.15) is 5.75 Å². The monoisotopic (exact) mass is 259 g/mol. The van der Waals surface area contributed by atoms with Gasteiger partial charge in [-0.25, -0.2) is 0 Å². The van der Waals surface area contributed by atoms with E-state index in [1.54, 1.807) is 7.11 Å². The number of methoxy groups -OCH3 is 1. The van der Waals surface area contributed by atoms with Gasteiger partial charge < -0.3 is 10.1 Å². The Bertz CT molecular complexity index is 461. The second-order valence-corrected chi connectivity index (χ2v) is 4.89. The Kier molecular flexibility index (Phi) is 4.78. The molecule has 0 radical (unpaired) electrons. The van der Waals surface area contributed by atoms with Crippen molar-refractivity contribution in [1.82, 2.24) is 10.2 Å². The highest BCUT2D eigenvalue weighted by molar-refractivity contribution is 5.37. The number of aryl methyl sites for hydroxylation is 1. The van der Waals surface area contributed by atoms with Crippen molar-refractivity contribution in [2.24, 2.45) is 0 Å². The fourth-order valence-electron chi connectivity index (χ4n) is 2.67. The molecule has 0 saturated carbocycles. The molecular weight excluding hydrogens is 238 g/mol. The standard InChI is InChI=1S/C15H21N3O/c1-12-11-13(19-2)3-4-14(12)15(5-6-16)18-9-7-17-8-10-18/h3-4,11,15,17H,5,7-10H2,1-2H3/t15-/m1/s1. The lowest BCUT2D eigenvalue weighted by atomic mass is 9.97. The van der Waals surface area contributed by atoms with Crippen molar-refractivity contribution >= 4 is 0 Å². The van der Waals surface area contributed by atoms with E-state index in [0.29, 0.717) is 6.42 Å². The van der Waals surface area contributed by atoms with E-state index < -0.39 is 0 Å². The normalized spacial score (nSPS) is 17.7. The molecule has 1 atom stereocenters. The van der Waals surface area contributed by atoms with Crippen LogP contribution in [0.25, 0.3) is 0 Å². The van der Waals surface area contributed by atoms with Crippen molar-refractivity contribution in [2.75, 3.05) is 33.3 Å². The van der Waals surface area contributed by atoms with Crippen molar-refractivity contribution in [1.29, 1.82) is 5.26 Å². The Labute approximate surface area is 115 Å². The summed E-state index contributed by atoms with van der Waals surface area (Å²) in [6.07, 6.45) is 0.535. The molecule has 4 nitrogen and oxygen atoms in total. The summed E-state index contributed by atoms with van der Waals surface area (Å²) in [6.45, 7) is 6.08. The minimum absolute atomic E-state index is 0.193. The van der Waals surface area contributed by atoms with Gasteiger partial charge in [0.25, 0.3) is 0 Å². The van der Waals surface area contributed by atoms with Gasteiger partial charge in [-0.1, -0.05) is 6.07 Å². The third-order valence-electron chi connectivity index (χ3n) is 3.71. The summed E-state index contributed by atoms with van der Waals surface area (Å²) in [7, 11) is 1.68. The lowest BCUT2D eigenvalue weighted by molar-refractivity contribution is 0.175. The molecule has 19 heavy (non-hydrogen) atoms. The smallest absolute Gasteiger partial charge is 0.119 e. The fraction of sp³-hybridized carbons (Fsp3) is 0.533. The van der Waals surface area contributed by atoms with E-state index in [9.17, 15) is 0 Å². The molecule has 0 unspecified atom stereocenters.